The molecule has 0 rings (SSSR count). The third-order valence-electron chi connectivity index (χ3n) is 0. The molecule has 0 unspecified atom stereocenters. The Bertz CT molecular complexity index is 8.00. The Morgan fingerprint density at radius 2 is 1.00 bits per heavy atom. The first-order valence-corrected chi connectivity index (χ1v) is 0. The quantitative estimate of drug-likeness (QED) is 0.503. The Morgan fingerprint density at radius 1 is 1.00 bits per heavy atom. The van der Waals surface area contributed by atoms with Gasteiger partial charge >= 0.3 is 0 Å². The van der Waals surface area contributed by atoms with Crippen molar-refractivity contribution in [1.82, 2.24) is 0 Å². The number of hydrogen-bond acceptors (Lipinski definition) is 0. The van der Waals surface area contributed by atoms with Crippen LogP contribution in [-0.2, 0) is 74.4 Å². The molecule has 0 aliphatic heterocycles. The fourth-order valence-corrected chi connectivity index (χ4v) is 0. The zero-order valence-electron chi connectivity index (χ0n) is 1.46. The SMILES string of the molecule is [Mn].[Mo].[Ni].[Os]. The van der Waals surface area contributed by atoms with Crippen molar-refractivity contribution in [1.29, 1.82) is 0 Å². The van der Waals surface area contributed by atoms with Crippen LogP contribution in [-0.4, -0.2) is 0 Å². The molecule has 0 aromatic rings. The van der Waals surface area contributed by atoms with Crippen molar-refractivity contribution in [2.45, 2.75) is 0 Å². The van der Waals surface area contributed by atoms with E-state index in [1.54, 1.807) is 0 Å². The first-order chi connectivity index (χ1) is 0. The van der Waals surface area contributed by atoms with E-state index in [1.807, 2.05) is 0 Å². The second-order valence-electron chi connectivity index (χ2n) is 0. The van der Waals surface area contributed by atoms with Gasteiger partial charge in [-0.3, -0.25) is 0 Å². The van der Waals surface area contributed by atoms with E-state index in [-0.39, 0.29) is 74.4 Å². The van der Waals surface area contributed by atoms with Gasteiger partial charge in [0.15, 0.2) is 0 Å². The van der Waals surface area contributed by atoms with Crippen molar-refractivity contribution < 1.29 is 74.4 Å². The molecular weight excluding hydrogens is 400 g/mol. The molecular formula is MnMoNiOs. The Kier molecular flexibility index (Phi) is 152. The minimum atomic E-state index is 0. The molecule has 1 radical (unpaired) electrons. The smallest absolute Gasteiger partial charge is 0 e. The van der Waals surface area contributed by atoms with Crippen molar-refractivity contribution >= 4 is 0 Å². The Hall–Kier alpha value is 2.34. The molecule has 0 fully saturated rings. The van der Waals surface area contributed by atoms with Gasteiger partial charge in [0.25, 0.3) is 0 Å². The minimum Gasteiger partial charge on any atom is 0 e. The second-order valence-corrected chi connectivity index (χ2v) is 0. The Balaban J connectivity index is 0. The fourth-order valence-electron chi connectivity index (χ4n) is 0. The number of rotatable bonds is 0. The van der Waals surface area contributed by atoms with E-state index >= 15 is 0 Å². The van der Waals surface area contributed by atoms with Gasteiger partial charge in [0.05, 0.1) is 0 Å². The van der Waals surface area contributed by atoms with E-state index < -0.39 is 0 Å². The Labute approximate surface area is 73.6 Å². The first-order valence-electron chi connectivity index (χ1n) is 0. The van der Waals surface area contributed by atoms with Gasteiger partial charge in [-0.2, -0.15) is 0 Å². The minimum absolute atomic E-state index is 0. The molecule has 31 valence electrons. The van der Waals surface area contributed by atoms with Crippen molar-refractivity contribution in [2.75, 3.05) is 0 Å². The molecule has 0 heterocycles. The average molecular weight is 400 g/mol. The largest absolute Gasteiger partial charge is 0 e. The van der Waals surface area contributed by atoms with Gasteiger partial charge in [-0.05, 0) is 0 Å². The van der Waals surface area contributed by atoms with Crippen LogP contribution in [0.1, 0.15) is 0 Å². The molecule has 0 spiro atoms. The van der Waals surface area contributed by atoms with Crippen molar-refractivity contribution in [3.05, 3.63) is 0 Å². The van der Waals surface area contributed by atoms with Gasteiger partial charge in [0, 0.05) is 74.4 Å². The van der Waals surface area contributed by atoms with Crippen molar-refractivity contribution in [2.24, 2.45) is 0 Å². The van der Waals surface area contributed by atoms with Gasteiger partial charge in [0.1, 0.15) is 0 Å². The predicted octanol–water partition coefficient (Wildman–Crippen LogP) is -0.0100. The summed E-state index contributed by atoms with van der Waals surface area (Å²) in [7, 11) is 0. The maximum absolute atomic E-state index is 0. The molecule has 0 aliphatic carbocycles. The zero-order chi connectivity index (χ0) is 0. The summed E-state index contributed by atoms with van der Waals surface area (Å²) in [6, 6.07) is 0. The monoisotopic (exact) mass is 403 g/mol. The van der Waals surface area contributed by atoms with Crippen LogP contribution in [0.4, 0.5) is 0 Å². The van der Waals surface area contributed by atoms with Crippen molar-refractivity contribution in [3.63, 3.8) is 0 Å². The Morgan fingerprint density at radius 3 is 1.00 bits per heavy atom. The van der Waals surface area contributed by atoms with Gasteiger partial charge in [-0.25, -0.2) is 0 Å². The molecule has 0 nitrogen and oxygen atoms in total. The molecule has 0 aliphatic rings. The summed E-state index contributed by atoms with van der Waals surface area (Å²) in [6.07, 6.45) is 0. The summed E-state index contributed by atoms with van der Waals surface area (Å²) in [4.78, 5) is 0. The first kappa shape index (κ1) is 33.0. The zero-order valence-corrected chi connectivity index (χ0v) is 8.17. The average Bonchev–Trinajstić information content (AvgIpc) is 0. The fraction of sp³-hybridized carbons (Fsp3) is 0. The summed E-state index contributed by atoms with van der Waals surface area (Å²) in [5.41, 5.74) is 0. The molecule has 0 saturated heterocycles. The van der Waals surface area contributed by atoms with Crippen LogP contribution in [0.5, 0.6) is 0 Å². The van der Waals surface area contributed by atoms with E-state index in [0.29, 0.717) is 0 Å². The van der Waals surface area contributed by atoms with Crippen LogP contribution in [0.3, 0.4) is 0 Å². The van der Waals surface area contributed by atoms with Crippen LogP contribution < -0.4 is 0 Å². The summed E-state index contributed by atoms with van der Waals surface area (Å²) in [5, 5.41) is 0. The molecule has 0 atom stereocenters. The summed E-state index contributed by atoms with van der Waals surface area (Å²) in [6.45, 7) is 0. The van der Waals surface area contributed by atoms with E-state index in [9.17, 15) is 0 Å². The molecule has 4 heteroatoms. The molecule has 4 heavy (non-hydrogen) atoms. The maximum atomic E-state index is 0. The predicted molar refractivity (Wildman–Crippen MR) is 0 cm³/mol. The molecule has 0 saturated carbocycles. The van der Waals surface area contributed by atoms with E-state index in [2.05, 4.69) is 0 Å². The van der Waals surface area contributed by atoms with E-state index in [0.717, 1.165) is 0 Å². The summed E-state index contributed by atoms with van der Waals surface area (Å²) in [5.74, 6) is 0. The standard InChI is InChI=1S/Mn.Mo.Ni.Os. The molecule has 0 aromatic carbocycles. The van der Waals surface area contributed by atoms with Crippen LogP contribution in [0.15, 0.2) is 0 Å². The van der Waals surface area contributed by atoms with Gasteiger partial charge in [-0.15, -0.1) is 0 Å². The normalized spacial score (nSPS) is 0. The van der Waals surface area contributed by atoms with Crippen LogP contribution in [0.25, 0.3) is 0 Å². The van der Waals surface area contributed by atoms with Crippen molar-refractivity contribution in [3.8, 4) is 0 Å². The van der Waals surface area contributed by atoms with E-state index in [1.165, 1.54) is 0 Å². The topological polar surface area (TPSA) is 0 Å². The molecule has 0 amide bonds. The summed E-state index contributed by atoms with van der Waals surface area (Å²) < 4.78 is 0. The molecule has 0 bridgehead atoms. The second kappa shape index (κ2) is 18.4. The van der Waals surface area contributed by atoms with Crippen LogP contribution in [0.2, 0.25) is 0 Å². The molecule has 0 N–H and O–H groups in total. The number of hydrogen-bond donors (Lipinski definition) is 0. The van der Waals surface area contributed by atoms with Crippen LogP contribution in [0, 0.1) is 0 Å². The third kappa shape index (κ3) is 8.84. The van der Waals surface area contributed by atoms with Gasteiger partial charge < -0.3 is 0 Å². The van der Waals surface area contributed by atoms with Gasteiger partial charge in [0.2, 0.25) is 0 Å². The van der Waals surface area contributed by atoms with Crippen LogP contribution >= 0.6 is 0 Å². The third-order valence-corrected chi connectivity index (χ3v) is 0. The summed E-state index contributed by atoms with van der Waals surface area (Å²) >= 11 is 0. The van der Waals surface area contributed by atoms with E-state index in [4.69, 9.17) is 0 Å². The van der Waals surface area contributed by atoms with Gasteiger partial charge in [-0.1, -0.05) is 0 Å². The molecule has 0 aromatic heterocycles. The maximum Gasteiger partial charge on any atom is 0 e.